The molecular weight excluding hydrogens is 298 g/mol. The minimum atomic E-state index is -0.656. The van der Waals surface area contributed by atoms with Crippen molar-refractivity contribution in [2.75, 3.05) is 25.5 Å². The lowest BCUT2D eigenvalue weighted by molar-refractivity contribution is -0.383. The first-order valence-corrected chi connectivity index (χ1v) is 6.96. The number of nitrogen functional groups attached to an aromatic ring is 1. The predicted octanol–water partition coefficient (Wildman–Crippen LogP) is 1.99. The second-order valence-corrected chi connectivity index (χ2v) is 5.32. The van der Waals surface area contributed by atoms with Gasteiger partial charge >= 0.3 is 0 Å². The van der Waals surface area contributed by atoms with Gasteiger partial charge in [-0.2, -0.15) is 0 Å². The maximum absolute atomic E-state index is 12.1. The van der Waals surface area contributed by atoms with Crippen molar-refractivity contribution in [1.82, 2.24) is 5.32 Å². The zero-order valence-electron chi connectivity index (χ0n) is 11.3. The van der Waals surface area contributed by atoms with Gasteiger partial charge in [-0.15, -0.1) is 0 Å². The molecule has 1 aromatic carbocycles. The second kappa shape index (κ2) is 6.73. The molecule has 0 aromatic heterocycles. The van der Waals surface area contributed by atoms with Crippen molar-refractivity contribution in [3.8, 4) is 0 Å². The summed E-state index contributed by atoms with van der Waals surface area (Å²) in [5.41, 5.74) is 5.16. The van der Waals surface area contributed by atoms with Gasteiger partial charge in [0.05, 0.1) is 9.95 Å². The average molecular weight is 314 g/mol. The van der Waals surface area contributed by atoms with Crippen molar-refractivity contribution in [2.45, 2.75) is 12.8 Å². The number of carbonyl (C=O) groups excluding carboxylic acids is 1. The number of halogens is 1. The number of nitro groups is 1. The molecule has 0 aliphatic carbocycles. The quantitative estimate of drug-likeness (QED) is 0.502. The summed E-state index contributed by atoms with van der Waals surface area (Å²) in [6.45, 7) is 1.90. The normalized spacial score (nSPS) is 15.7. The molecule has 0 atom stereocenters. The fourth-order valence-electron chi connectivity index (χ4n) is 2.18. The highest BCUT2D eigenvalue weighted by molar-refractivity contribution is 6.34. The van der Waals surface area contributed by atoms with Crippen LogP contribution in [0.2, 0.25) is 5.02 Å². The van der Waals surface area contributed by atoms with E-state index in [9.17, 15) is 14.9 Å². The predicted molar refractivity (Wildman–Crippen MR) is 78.4 cm³/mol. The fraction of sp³-hybridized carbons (Fsp3) is 0.462. The Morgan fingerprint density at radius 2 is 2.14 bits per heavy atom. The fourth-order valence-corrected chi connectivity index (χ4v) is 2.39. The van der Waals surface area contributed by atoms with E-state index in [0.29, 0.717) is 25.7 Å². The third-order valence-electron chi connectivity index (χ3n) is 3.46. The molecule has 0 radical (unpaired) electrons. The summed E-state index contributed by atoms with van der Waals surface area (Å²) in [7, 11) is 0. The van der Waals surface area contributed by atoms with Gasteiger partial charge < -0.3 is 15.8 Å². The van der Waals surface area contributed by atoms with Crippen LogP contribution in [0, 0.1) is 16.0 Å². The van der Waals surface area contributed by atoms with Crippen LogP contribution in [0.15, 0.2) is 12.1 Å². The van der Waals surface area contributed by atoms with Crippen LogP contribution in [0.25, 0.3) is 0 Å². The van der Waals surface area contributed by atoms with E-state index in [4.69, 9.17) is 22.1 Å². The molecule has 1 aromatic rings. The molecule has 0 bridgehead atoms. The summed E-state index contributed by atoms with van der Waals surface area (Å²) < 4.78 is 5.24. The summed E-state index contributed by atoms with van der Waals surface area (Å²) in [5, 5.41) is 13.6. The third-order valence-corrected chi connectivity index (χ3v) is 3.77. The third kappa shape index (κ3) is 3.83. The first-order chi connectivity index (χ1) is 9.99. The highest BCUT2D eigenvalue weighted by atomic mass is 35.5. The molecule has 21 heavy (non-hydrogen) atoms. The number of anilines is 1. The summed E-state index contributed by atoms with van der Waals surface area (Å²) in [6.07, 6.45) is 1.78. The van der Waals surface area contributed by atoms with E-state index in [-0.39, 0.29) is 22.0 Å². The smallest absolute Gasteiger partial charge is 0.294 e. The van der Waals surface area contributed by atoms with E-state index in [1.807, 2.05) is 0 Å². The van der Waals surface area contributed by atoms with Gasteiger partial charge in [0.25, 0.3) is 11.6 Å². The summed E-state index contributed by atoms with van der Waals surface area (Å²) >= 11 is 5.83. The maximum Gasteiger partial charge on any atom is 0.294 e. The Bertz CT molecular complexity index is 559. The molecule has 1 heterocycles. The highest BCUT2D eigenvalue weighted by Gasteiger charge is 2.20. The van der Waals surface area contributed by atoms with Crippen molar-refractivity contribution in [3.05, 3.63) is 32.8 Å². The van der Waals surface area contributed by atoms with Crippen LogP contribution in [0.3, 0.4) is 0 Å². The Kier molecular flexibility index (Phi) is 4.98. The topological polar surface area (TPSA) is 107 Å². The molecule has 3 N–H and O–H groups in total. The van der Waals surface area contributed by atoms with Crippen molar-refractivity contribution in [2.24, 2.45) is 5.92 Å². The van der Waals surface area contributed by atoms with Gasteiger partial charge in [0.15, 0.2) is 0 Å². The van der Waals surface area contributed by atoms with E-state index in [1.165, 1.54) is 6.07 Å². The molecule has 1 aliphatic rings. The molecule has 0 spiro atoms. The molecule has 0 unspecified atom stereocenters. The van der Waals surface area contributed by atoms with E-state index in [1.54, 1.807) is 0 Å². The number of rotatable bonds is 4. The summed E-state index contributed by atoms with van der Waals surface area (Å²) in [5.74, 6) is -0.0339. The molecule has 0 saturated carbocycles. The Labute approximate surface area is 126 Å². The molecule has 8 heteroatoms. The van der Waals surface area contributed by atoms with E-state index < -0.39 is 10.8 Å². The number of ether oxygens (including phenoxy) is 1. The van der Waals surface area contributed by atoms with Crippen LogP contribution in [-0.2, 0) is 4.74 Å². The Morgan fingerprint density at radius 3 is 2.76 bits per heavy atom. The average Bonchev–Trinajstić information content (AvgIpc) is 2.48. The molecule has 114 valence electrons. The van der Waals surface area contributed by atoms with Crippen LogP contribution in [0.1, 0.15) is 23.2 Å². The monoisotopic (exact) mass is 313 g/mol. The lowest BCUT2D eigenvalue weighted by atomic mass is 10.0. The maximum atomic E-state index is 12.1. The number of hydrogen-bond donors (Lipinski definition) is 2. The van der Waals surface area contributed by atoms with Crippen molar-refractivity contribution >= 4 is 28.9 Å². The van der Waals surface area contributed by atoms with Crippen molar-refractivity contribution < 1.29 is 14.5 Å². The number of nitro benzene ring substituents is 1. The van der Waals surface area contributed by atoms with Crippen LogP contribution < -0.4 is 11.1 Å². The SMILES string of the molecule is Nc1c(Cl)cc(C(=O)NCC2CCOCC2)cc1[N+](=O)[O-]. The summed E-state index contributed by atoms with van der Waals surface area (Å²) in [6, 6.07) is 2.48. The number of nitrogens with one attached hydrogen (secondary N) is 1. The number of amides is 1. The van der Waals surface area contributed by atoms with Gasteiger partial charge in [-0.25, -0.2) is 0 Å². The largest absolute Gasteiger partial charge is 0.392 e. The Balaban J connectivity index is 2.06. The minimum Gasteiger partial charge on any atom is -0.392 e. The lowest BCUT2D eigenvalue weighted by Crippen LogP contribution is -2.32. The van der Waals surface area contributed by atoms with Crippen LogP contribution in [0.4, 0.5) is 11.4 Å². The van der Waals surface area contributed by atoms with Crippen LogP contribution >= 0.6 is 11.6 Å². The van der Waals surface area contributed by atoms with E-state index in [2.05, 4.69) is 5.32 Å². The first kappa shape index (κ1) is 15.5. The van der Waals surface area contributed by atoms with Crippen LogP contribution in [-0.4, -0.2) is 30.6 Å². The molecular formula is C13H16ClN3O4. The van der Waals surface area contributed by atoms with Gasteiger partial charge in [-0.1, -0.05) is 11.6 Å². The molecule has 7 nitrogen and oxygen atoms in total. The Hall–Kier alpha value is -1.86. The molecule has 1 aliphatic heterocycles. The van der Waals surface area contributed by atoms with Crippen LogP contribution in [0.5, 0.6) is 0 Å². The first-order valence-electron chi connectivity index (χ1n) is 6.58. The summed E-state index contributed by atoms with van der Waals surface area (Å²) in [4.78, 5) is 22.3. The highest BCUT2D eigenvalue weighted by Crippen LogP contribution is 2.30. The lowest BCUT2D eigenvalue weighted by Gasteiger charge is -2.22. The zero-order chi connectivity index (χ0) is 15.4. The van der Waals surface area contributed by atoms with Gasteiger partial charge in [-0.05, 0) is 24.8 Å². The number of nitrogens with two attached hydrogens (primary N) is 1. The van der Waals surface area contributed by atoms with Gasteiger partial charge in [-0.3, -0.25) is 14.9 Å². The zero-order valence-corrected chi connectivity index (χ0v) is 12.1. The Morgan fingerprint density at radius 1 is 1.48 bits per heavy atom. The number of carbonyl (C=O) groups is 1. The van der Waals surface area contributed by atoms with Crippen molar-refractivity contribution in [3.63, 3.8) is 0 Å². The second-order valence-electron chi connectivity index (χ2n) is 4.91. The molecule has 2 rings (SSSR count). The van der Waals surface area contributed by atoms with E-state index in [0.717, 1.165) is 18.9 Å². The van der Waals surface area contributed by atoms with Crippen molar-refractivity contribution in [1.29, 1.82) is 0 Å². The van der Waals surface area contributed by atoms with Gasteiger partial charge in [0.2, 0.25) is 0 Å². The van der Waals surface area contributed by atoms with Gasteiger partial charge in [0, 0.05) is 31.4 Å². The van der Waals surface area contributed by atoms with E-state index >= 15 is 0 Å². The van der Waals surface area contributed by atoms with Gasteiger partial charge in [0.1, 0.15) is 5.69 Å². The standard InChI is InChI=1S/C13H16ClN3O4/c14-10-5-9(6-11(12(10)15)17(19)20)13(18)16-7-8-1-3-21-4-2-8/h5-6,8H,1-4,7,15H2,(H,16,18). The number of nitrogens with zero attached hydrogens (tertiary/aromatic N) is 1. The minimum absolute atomic E-state index is 0.000386. The number of benzene rings is 1. The molecule has 1 saturated heterocycles. The number of hydrogen-bond acceptors (Lipinski definition) is 5. The molecule has 1 amide bonds. The molecule has 1 fully saturated rings.